The van der Waals surface area contributed by atoms with E-state index < -0.39 is 11.7 Å². The predicted molar refractivity (Wildman–Crippen MR) is 99.6 cm³/mol. The molecule has 25 heavy (non-hydrogen) atoms. The van der Waals surface area contributed by atoms with E-state index in [1.165, 1.54) is 0 Å². The van der Waals surface area contributed by atoms with Gasteiger partial charge in [0.2, 0.25) is 0 Å². The quantitative estimate of drug-likeness (QED) is 0.719. The Morgan fingerprint density at radius 1 is 1.08 bits per heavy atom. The molecule has 0 aliphatic carbocycles. The van der Waals surface area contributed by atoms with Crippen LogP contribution in [-0.2, 0) is 4.74 Å². The number of anilines is 1. The highest BCUT2D eigenvalue weighted by atomic mass is 16.6. The molecule has 0 fully saturated rings. The molecule has 5 heteroatoms. The average molecular weight is 335 g/mol. The molecule has 0 unspecified atom stereocenters. The van der Waals surface area contributed by atoms with Crippen LogP contribution in [0.3, 0.4) is 0 Å². The molecule has 0 atom stereocenters. The molecule has 0 radical (unpaired) electrons. The van der Waals surface area contributed by atoms with E-state index >= 15 is 0 Å². The van der Waals surface area contributed by atoms with E-state index in [0.717, 1.165) is 27.5 Å². The van der Waals surface area contributed by atoms with Crippen LogP contribution in [0.25, 0.3) is 21.9 Å². The molecule has 5 nitrogen and oxygen atoms in total. The van der Waals surface area contributed by atoms with Gasteiger partial charge < -0.3 is 4.74 Å². The lowest BCUT2D eigenvalue weighted by molar-refractivity contribution is 0.0636. The van der Waals surface area contributed by atoms with E-state index in [-0.39, 0.29) is 0 Å². The number of aryl methyl sites for hydroxylation is 1. The zero-order chi connectivity index (χ0) is 18.0. The predicted octanol–water partition coefficient (Wildman–Crippen LogP) is 4.95. The van der Waals surface area contributed by atoms with E-state index in [9.17, 15) is 4.79 Å². The first-order valence-electron chi connectivity index (χ1n) is 8.12. The van der Waals surface area contributed by atoms with Gasteiger partial charge in [-0.2, -0.15) is 0 Å². The van der Waals surface area contributed by atoms with Crippen molar-refractivity contribution < 1.29 is 9.53 Å². The normalized spacial score (nSPS) is 11.4. The van der Waals surface area contributed by atoms with Crippen LogP contribution in [0.5, 0.6) is 0 Å². The van der Waals surface area contributed by atoms with E-state index in [2.05, 4.69) is 21.4 Å². The van der Waals surface area contributed by atoms with Crippen molar-refractivity contribution in [1.82, 2.24) is 9.97 Å². The van der Waals surface area contributed by atoms with Crippen LogP contribution in [0.1, 0.15) is 26.3 Å². The van der Waals surface area contributed by atoms with Crippen molar-refractivity contribution in [2.45, 2.75) is 33.3 Å². The van der Waals surface area contributed by atoms with Gasteiger partial charge >= 0.3 is 6.09 Å². The summed E-state index contributed by atoms with van der Waals surface area (Å²) in [5.74, 6) is 0. The van der Waals surface area contributed by atoms with Gasteiger partial charge in [0.25, 0.3) is 0 Å². The molecule has 1 aromatic carbocycles. The fourth-order valence-electron chi connectivity index (χ4n) is 2.64. The highest BCUT2D eigenvalue weighted by Crippen LogP contribution is 2.32. The maximum atomic E-state index is 12.2. The molecule has 0 spiro atoms. The molecule has 0 aliphatic rings. The lowest BCUT2D eigenvalue weighted by atomic mass is 9.99. The Hall–Kier alpha value is -2.95. The van der Waals surface area contributed by atoms with E-state index in [1.807, 2.05) is 52.1 Å². The summed E-state index contributed by atoms with van der Waals surface area (Å²) in [7, 11) is 0. The van der Waals surface area contributed by atoms with Crippen molar-refractivity contribution in [1.29, 1.82) is 0 Å². The first kappa shape index (κ1) is 16.9. The van der Waals surface area contributed by atoms with Crippen LogP contribution < -0.4 is 5.32 Å². The van der Waals surface area contributed by atoms with E-state index in [4.69, 9.17) is 4.74 Å². The number of amides is 1. The second kappa shape index (κ2) is 6.51. The van der Waals surface area contributed by atoms with Gasteiger partial charge in [-0.25, -0.2) is 4.79 Å². The summed E-state index contributed by atoms with van der Waals surface area (Å²) in [5, 5.41) is 4.70. The monoisotopic (exact) mass is 335 g/mol. The van der Waals surface area contributed by atoms with Crippen molar-refractivity contribution in [2.75, 3.05) is 5.32 Å². The van der Waals surface area contributed by atoms with Crippen molar-refractivity contribution in [3.63, 3.8) is 0 Å². The second-order valence-electron chi connectivity index (χ2n) is 6.94. The minimum Gasteiger partial charge on any atom is -0.444 e. The zero-order valence-electron chi connectivity index (χ0n) is 14.8. The second-order valence-corrected chi connectivity index (χ2v) is 6.94. The SMILES string of the molecule is Cc1ccncc1-c1cc(NC(=O)OC(C)(C)C)c2cnccc2c1. The van der Waals surface area contributed by atoms with Crippen molar-refractivity contribution in [2.24, 2.45) is 0 Å². The summed E-state index contributed by atoms with van der Waals surface area (Å²) in [4.78, 5) is 20.6. The molecule has 128 valence electrons. The molecule has 0 saturated heterocycles. The Kier molecular flexibility index (Phi) is 4.40. The molecular weight excluding hydrogens is 314 g/mol. The van der Waals surface area contributed by atoms with Gasteiger partial charge in [-0.3, -0.25) is 15.3 Å². The standard InChI is InChI=1S/C20H21N3O2/c1-13-5-7-21-11-16(13)15-9-14-6-8-22-12-17(14)18(10-15)23-19(24)25-20(2,3)4/h5-12H,1-4H3,(H,23,24). The Balaban J connectivity index is 2.07. The number of carbonyl (C=O) groups excluding carboxylic acids is 1. The summed E-state index contributed by atoms with van der Waals surface area (Å²) in [5.41, 5.74) is 3.23. The van der Waals surface area contributed by atoms with Crippen LogP contribution in [0.15, 0.2) is 49.1 Å². The van der Waals surface area contributed by atoms with Gasteiger partial charge in [0.15, 0.2) is 0 Å². The van der Waals surface area contributed by atoms with E-state index in [0.29, 0.717) is 5.69 Å². The van der Waals surface area contributed by atoms with Crippen LogP contribution in [0.4, 0.5) is 10.5 Å². The number of aromatic nitrogens is 2. The number of hydrogen-bond donors (Lipinski definition) is 1. The van der Waals surface area contributed by atoms with Crippen LogP contribution in [-0.4, -0.2) is 21.7 Å². The molecule has 0 aliphatic heterocycles. The first-order valence-corrected chi connectivity index (χ1v) is 8.12. The molecule has 1 N–H and O–H groups in total. The number of ether oxygens (including phenoxy) is 1. The maximum absolute atomic E-state index is 12.2. The molecule has 3 aromatic rings. The Morgan fingerprint density at radius 2 is 1.80 bits per heavy atom. The van der Waals surface area contributed by atoms with Crippen molar-refractivity contribution in [3.05, 3.63) is 54.6 Å². The molecular formula is C20H21N3O2. The fourth-order valence-corrected chi connectivity index (χ4v) is 2.64. The minimum absolute atomic E-state index is 0.488. The number of carbonyl (C=O) groups is 1. The fraction of sp³-hybridized carbons (Fsp3) is 0.250. The largest absolute Gasteiger partial charge is 0.444 e. The number of nitrogens with one attached hydrogen (secondary N) is 1. The summed E-state index contributed by atoms with van der Waals surface area (Å²) >= 11 is 0. The number of fused-ring (bicyclic) bond motifs is 1. The molecule has 2 heterocycles. The van der Waals surface area contributed by atoms with Crippen LogP contribution in [0.2, 0.25) is 0 Å². The average Bonchev–Trinajstić information content (AvgIpc) is 2.53. The minimum atomic E-state index is -0.560. The summed E-state index contributed by atoms with van der Waals surface area (Å²) in [6.45, 7) is 7.54. The topological polar surface area (TPSA) is 64.1 Å². The molecule has 0 saturated carbocycles. The Morgan fingerprint density at radius 3 is 2.52 bits per heavy atom. The zero-order valence-corrected chi connectivity index (χ0v) is 14.8. The highest BCUT2D eigenvalue weighted by Gasteiger charge is 2.17. The Bertz CT molecular complexity index is 930. The van der Waals surface area contributed by atoms with Gasteiger partial charge in [-0.05, 0) is 68.5 Å². The van der Waals surface area contributed by atoms with Crippen molar-refractivity contribution >= 4 is 22.6 Å². The van der Waals surface area contributed by atoms with Crippen molar-refractivity contribution in [3.8, 4) is 11.1 Å². The number of rotatable bonds is 2. The third-order valence-corrected chi connectivity index (χ3v) is 3.74. The van der Waals surface area contributed by atoms with Gasteiger partial charge in [0.1, 0.15) is 5.60 Å². The third-order valence-electron chi connectivity index (χ3n) is 3.74. The number of nitrogens with zero attached hydrogens (tertiary/aromatic N) is 2. The lowest BCUT2D eigenvalue weighted by Crippen LogP contribution is -2.27. The number of benzene rings is 1. The van der Waals surface area contributed by atoms with Crippen LogP contribution >= 0.6 is 0 Å². The third kappa shape index (κ3) is 3.94. The molecule has 0 bridgehead atoms. The number of pyridine rings is 2. The molecule has 3 rings (SSSR count). The maximum Gasteiger partial charge on any atom is 0.412 e. The lowest BCUT2D eigenvalue weighted by Gasteiger charge is -2.20. The van der Waals surface area contributed by atoms with Crippen LogP contribution in [0, 0.1) is 6.92 Å². The first-order chi connectivity index (χ1) is 11.8. The summed E-state index contributed by atoms with van der Waals surface area (Å²) in [6.07, 6.45) is 6.58. The molecule has 1 amide bonds. The number of hydrogen-bond acceptors (Lipinski definition) is 4. The van der Waals surface area contributed by atoms with Gasteiger partial charge in [-0.1, -0.05) is 0 Å². The smallest absolute Gasteiger partial charge is 0.412 e. The summed E-state index contributed by atoms with van der Waals surface area (Å²) < 4.78 is 5.38. The Labute approximate surface area is 147 Å². The van der Waals surface area contributed by atoms with Gasteiger partial charge in [0, 0.05) is 35.7 Å². The molecule has 2 aromatic heterocycles. The van der Waals surface area contributed by atoms with E-state index in [1.54, 1.807) is 18.6 Å². The summed E-state index contributed by atoms with van der Waals surface area (Å²) in [6, 6.07) is 7.89. The highest BCUT2D eigenvalue weighted by molar-refractivity contribution is 6.02. The van der Waals surface area contributed by atoms with Gasteiger partial charge in [-0.15, -0.1) is 0 Å². The van der Waals surface area contributed by atoms with Gasteiger partial charge in [0.05, 0.1) is 5.69 Å².